The highest BCUT2D eigenvalue weighted by molar-refractivity contribution is 6.08. The van der Waals surface area contributed by atoms with Crippen LogP contribution in [0.25, 0.3) is 54.1 Å². The normalized spacial score (nSPS) is 11.2. The fourth-order valence-corrected chi connectivity index (χ4v) is 4.40. The molecule has 0 fully saturated rings. The van der Waals surface area contributed by atoms with Gasteiger partial charge in [0.25, 0.3) is 0 Å². The zero-order chi connectivity index (χ0) is 22.2. The van der Waals surface area contributed by atoms with Crippen molar-refractivity contribution in [2.75, 3.05) is 0 Å². The first-order chi connectivity index (χ1) is 16.2. The topological polar surface area (TPSA) is 30.2 Å². The van der Waals surface area contributed by atoms with Crippen molar-refractivity contribution >= 4 is 54.1 Å². The van der Waals surface area contributed by atoms with Crippen LogP contribution in [0.2, 0.25) is 0 Å². The van der Waals surface area contributed by atoms with Gasteiger partial charge < -0.3 is 4.42 Å². The standard InChI is InChI=1S/C22H14.C9H6O2/c1-2-6-16-10-20-14-22-12-18-8-4-3-7-17(18)11-21(22)13-19(20)9-15(16)5-1;10-9-6-5-7-3-1-2-4-8(7)11-9/h1-14H;1-6H. The molecule has 0 radical (unpaired) electrons. The van der Waals surface area contributed by atoms with Gasteiger partial charge in [-0.25, -0.2) is 4.79 Å². The van der Waals surface area contributed by atoms with Gasteiger partial charge in [-0.1, -0.05) is 66.7 Å². The second kappa shape index (κ2) is 7.92. The fourth-order valence-electron chi connectivity index (χ4n) is 4.40. The zero-order valence-electron chi connectivity index (χ0n) is 17.9. The Kier molecular flexibility index (Phi) is 4.63. The van der Waals surface area contributed by atoms with E-state index in [1.54, 1.807) is 12.1 Å². The van der Waals surface area contributed by atoms with E-state index in [2.05, 4.69) is 84.9 Å². The third-order valence-electron chi connectivity index (χ3n) is 6.05. The van der Waals surface area contributed by atoms with Crippen molar-refractivity contribution in [1.82, 2.24) is 0 Å². The van der Waals surface area contributed by atoms with Crippen LogP contribution in [0.5, 0.6) is 0 Å². The molecular weight excluding hydrogens is 404 g/mol. The molecule has 7 aromatic rings. The number of rotatable bonds is 0. The van der Waals surface area contributed by atoms with Gasteiger partial charge >= 0.3 is 5.63 Å². The Morgan fingerprint density at radius 2 is 0.727 bits per heavy atom. The lowest BCUT2D eigenvalue weighted by molar-refractivity contribution is 0.561. The van der Waals surface area contributed by atoms with Gasteiger partial charge in [-0.05, 0) is 91.6 Å². The average molecular weight is 424 g/mol. The molecule has 0 aliphatic heterocycles. The Balaban J connectivity index is 0.000000158. The molecule has 0 N–H and O–H groups in total. The van der Waals surface area contributed by atoms with Crippen LogP contribution in [0.4, 0.5) is 0 Å². The Hall–Kier alpha value is -4.43. The molecule has 0 aliphatic carbocycles. The maximum atomic E-state index is 10.7. The summed E-state index contributed by atoms with van der Waals surface area (Å²) in [5, 5.41) is 11.4. The number of hydrogen-bond donors (Lipinski definition) is 0. The Labute approximate surface area is 190 Å². The minimum Gasteiger partial charge on any atom is -0.423 e. The molecular formula is C31H20O2. The minimum absolute atomic E-state index is 0.302. The summed E-state index contributed by atoms with van der Waals surface area (Å²) in [6.07, 6.45) is 0. The largest absolute Gasteiger partial charge is 0.423 e. The van der Waals surface area contributed by atoms with Gasteiger partial charge in [-0.15, -0.1) is 0 Å². The van der Waals surface area contributed by atoms with E-state index in [0.29, 0.717) is 5.58 Å². The zero-order valence-corrected chi connectivity index (χ0v) is 17.9. The van der Waals surface area contributed by atoms with Crippen LogP contribution in [0.15, 0.2) is 131 Å². The number of para-hydroxylation sites is 1. The average Bonchev–Trinajstić information content (AvgIpc) is 2.85. The van der Waals surface area contributed by atoms with Crippen LogP contribution in [-0.2, 0) is 0 Å². The molecule has 7 rings (SSSR count). The monoisotopic (exact) mass is 424 g/mol. The van der Waals surface area contributed by atoms with Crippen LogP contribution >= 0.6 is 0 Å². The van der Waals surface area contributed by atoms with E-state index < -0.39 is 0 Å². The van der Waals surface area contributed by atoms with E-state index in [-0.39, 0.29) is 5.63 Å². The minimum atomic E-state index is -0.302. The number of benzene rings is 6. The Morgan fingerprint density at radius 3 is 1.18 bits per heavy atom. The summed E-state index contributed by atoms with van der Waals surface area (Å²) in [4.78, 5) is 10.7. The van der Waals surface area contributed by atoms with Crippen molar-refractivity contribution in [2.24, 2.45) is 0 Å². The lowest BCUT2D eigenvalue weighted by Crippen LogP contribution is -1.93. The predicted molar refractivity (Wildman–Crippen MR) is 139 cm³/mol. The van der Waals surface area contributed by atoms with E-state index in [4.69, 9.17) is 4.42 Å². The summed E-state index contributed by atoms with van der Waals surface area (Å²) in [6.45, 7) is 0. The second-order valence-electron chi connectivity index (χ2n) is 8.24. The first-order valence-electron chi connectivity index (χ1n) is 11.0. The summed E-state index contributed by atoms with van der Waals surface area (Å²) in [6, 6.07) is 41.5. The third-order valence-corrected chi connectivity index (χ3v) is 6.05. The quantitative estimate of drug-likeness (QED) is 0.182. The van der Waals surface area contributed by atoms with Gasteiger partial charge in [-0.2, -0.15) is 0 Å². The molecule has 0 unspecified atom stereocenters. The Bertz CT molecular complexity index is 1660. The third kappa shape index (κ3) is 3.72. The first-order valence-corrected chi connectivity index (χ1v) is 11.0. The number of hydrogen-bond acceptors (Lipinski definition) is 2. The summed E-state index contributed by atoms with van der Waals surface area (Å²) in [5.41, 5.74) is 0.337. The molecule has 0 bridgehead atoms. The van der Waals surface area contributed by atoms with Gasteiger partial charge in [0.05, 0.1) is 0 Å². The highest BCUT2D eigenvalue weighted by atomic mass is 16.4. The molecule has 1 aromatic heterocycles. The summed E-state index contributed by atoms with van der Waals surface area (Å²) in [5.74, 6) is 0. The second-order valence-corrected chi connectivity index (χ2v) is 8.24. The smallest absolute Gasteiger partial charge is 0.336 e. The van der Waals surface area contributed by atoms with E-state index in [1.807, 2.05) is 18.2 Å². The summed E-state index contributed by atoms with van der Waals surface area (Å²) in [7, 11) is 0. The number of fused-ring (bicyclic) bond motifs is 5. The van der Waals surface area contributed by atoms with Crippen molar-refractivity contribution in [1.29, 1.82) is 0 Å². The highest BCUT2D eigenvalue weighted by Crippen LogP contribution is 2.30. The molecule has 0 amide bonds. The maximum Gasteiger partial charge on any atom is 0.336 e. The van der Waals surface area contributed by atoms with Crippen LogP contribution in [0, 0.1) is 0 Å². The van der Waals surface area contributed by atoms with E-state index in [9.17, 15) is 4.79 Å². The fraction of sp³-hybridized carbons (Fsp3) is 0. The lowest BCUT2D eigenvalue weighted by atomic mass is 9.97. The van der Waals surface area contributed by atoms with E-state index >= 15 is 0 Å². The van der Waals surface area contributed by atoms with Crippen LogP contribution < -0.4 is 5.63 Å². The predicted octanol–water partition coefficient (Wildman–Crippen LogP) is 8.09. The molecule has 1 heterocycles. The van der Waals surface area contributed by atoms with Crippen LogP contribution in [0.1, 0.15) is 0 Å². The molecule has 33 heavy (non-hydrogen) atoms. The molecule has 2 heteroatoms. The van der Waals surface area contributed by atoms with Crippen LogP contribution in [-0.4, -0.2) is 0 Å². The first kappa shape index (κ1) is 19.3. The molecule has 2 nitrogen and oxygen atoms in total. The summed E-state index contributed by atoms with van der Waals surface area (Å²) < 4.78 is 4.91. The maximum absolute atomic E-state index is 10.7. The van der Waals surface area contributed by atoms with Crippen molar-refractivity contribution < 1.29 is 4.42 Å². The molecule has 0 spiro atoms. The van der Waals surface area contributed by atoms with Gasteiger partial charge in [0.1, 0.15) is 5.58 Å². The van der Waals surface area contributed by atoms with Gasteiger partial charge in [-0.3, -0.25) is 0 Å². The van der Waals surface area contributed by atoms with Crippen molar-refractivity contribution in [2.45, 2.75) is 0 Å². The molecule has 6 aromatic carbocycles. The molecule has 156 valence electrons. The molecule has 0 saturated carbocycles. The Morgan fingerprint density at radius 1 is 0.364 bits per heavy atom. The van der Waals surface area contributed by atoms with Gasteiger partial charge in [0, 0.05) is 11.5 Å². The lowest BCUT2D eigenvalue weighted by Gasteiger charge is -2.07. The molecule has 0 aliphatic rings. The molecule has 0 saturated heterocycles. The SMILES string of the molecule is O=c1ccc2ccccc2o1.c1ccc2cc3cc4cc5ccccc5cc4cc3cc2c1. The molecule has 0 atom stereocenters. The summed E-state index contributed by atoms with van der Waals surface area (Å²) >= 11 is 0. The van der Waals surface area contributed by atoms with Crippen molar-refractivity contribution in [3.8, 4) is 0 Å². The van der Waals surface area contributed by atoms with E-state index in [1.165, 1.54) is 49.2 Å². The van der Waals surface area contributed by atoms with Crippen molar-refractivity contribution in [3.63, 3.8) is 0 Å². The van der Waals surface area contributed by atoms with Crippen LogP contribution in [0.3, 0.4) is 0 Å². The van der Waals surface area contributed by atoms with E-state index in [0.717, 1.165) is 5.39 Å². The highest BCUT2D eigenvalue weighted by Gasteiger charge is 2.02. The van der Waals surface area contributed by atoms with Gasteiger partial charge in [0.2, 0.25) is 0 Å². The van der Waals surface area contributed by atoms with Crippen molar-refractivity contribution in [3.05, 3.63) is 132 Å². The van der Waals surface area contributed by atoms with Gasteiger partial charge in [0.15, 0.2) is 0 Å².